The molecule has 0 atom stereocenters. The van der Waals surface area contributed by atoms with Gasteiger partial charge in [0.1, 0.15) is 0 Å². The molecule has 3 N–H and O–H groups in total. The minimum absolute atomic E-state index is 0.253. The molecule has 0 radical (unpaired) electrons. The van der Waals surface area contributed by atoms with E-state index >= 15 is 0 Å². The van der Waals surface area contributed by atoms with Gasteiger partial charge in [-0.15, -0.1) is 0 Å². The second kappa shape index (κ2) is 8.87. The lowest BCUT2D eigenvalue weighted by atomic mass is 10.2. The van der Waals surface area contributed by atoms with Crippen molar-refractivity contribution in [1.29, 1.82) is 0 Å². The number of hydrogen-bond donors (Lipinski definition) is 3. The van der Waals surface area contributed by atoms with Crippen LogP contribution in [0.3, 0.4) is 0 Å². The molecule has 0 aliphatic rings. The highest BCUT2D eigenvalue weighted by molar-refractivity contribution is 6.39. The van der Waals surface area contributed by atoms with Gasteiger partial charge in [0.15, 0.2) is 0 Å². The summed E-state index contributed by atoms with van der Waals surface area (Å²) in [6, 6.07) is 23.9. The average molecular weight is 380 g/mol. The summed E-state index contributed by atoms with van der Waals surface area (Å²) in [4.78, 5) is 23.9. The van der Waals surface area contributed by atoms with Gasteiger partial charge < -0.3 is 16.0 Å². The molecule has 3 aromatic rings. The van der Waals surface area contributed by atoms with Crippen molar-refractivity contribution in [2.24, 2.45) is 0 Å². The van der Waals surface area contributed by atoms with Gasteiger partial charge in [0.05, 0.1) is 0 Å². The lowest BCUT2D eigenvalue weighted by molar-refractivity contribution is -0.136. The molecule has 0 aliphatic heterocycles. The van der Waals surface area contributed by atoms with Gasteiger partial charge in [0.25, 0.3) is 0 Å². The molecule has 0 heterocycles. The number of carbonyl (C=O) groups is 2. The van der Waals surface area contributed by atoms with Gasteiger partial charge in [0.2, 0.25) is 0 Å². The molecule has 0 bridgehead atoms. The topological polar surface area (TPSA) is 70.2 Å². The highest BCUT2D eigenvalue weighted by Crippen LogP contribution is 2.18. The minimum atomic E-state index is -0.715. The third-order valence-electron chi connectivity index (χ3n) is 3.78. The monoisotopic (exact) mass is 379 g/mol. The minimum Gasteiger partial charge on any atom is -0.356 e. The van der Waals surface area contributed by atoms with Crippen molar-refractivity contribution in [3.05, 3.63) is 89.4 Å². The third kappa shape index (κ3) is 5.59. The van der Waals surface area contributed by atoms with E-state index in [0.29, 0.717) is 10.7 Å². The molecular weight excluding hydrogens is 362 g/mol. The molecule has 0 aromatic heterocycles. The first-order valence-electron chi connectivity index (χ1n) is 8.36. The highest BCUT2D eigenvalue weighted by atomic mass is 35.5. The molecule has 136 valence electrons. The first-order chi connectivity index (χ1) is 13.1. The number of rotatable bonds is 5. The molecule has 0 saturated heterocycles. The fourth-order valence-corrected chi connectivity index (χ4v) is 2.50. The summed E-state index contributed by atoms with van der Waals surface area (Å²) in [5.74, 6) is -1.41. The Morgan fingerprint density at radius 3 is 1.96 bits per heavy atom. The van der Waals surface area contributed by atoms with Gasteiger partial charge in [-0.2, -0.15) is 0 Å². The van der Waals surface area contributed by atoms with Crippen LogP contribution in [0.1, 0.15) is 5.56 Å². The molecule has 5 nitrogen and oxygen atoms in total. The van der Waals surface area contributed by atoms with Crippen LogP contribution < -0.4 is 16.0 Å². The van der Waals surface area contributed by atoms with E-state index in [4.69, 9.17) is 11.6 Å². The van der Waals surface area contributed by atoms with Crippen molar-refractivity contribution in [2.45, 2.75) is 6.54 Å². The summed E-state index contributed by atoms with van der Waals surface area (Å²) < 4.78 is 0. The Labute approximate surface area is 162 Å². The first-order valence-corrected chi connectivity index (χ1v) is 8.74. The standard InChI is InChI=1S/C21H18ClN3O2/c22-16-8-6-15(7-9-16)14-23-20(26)21(27)25-19-12-10-18(11-13-19)24-17-4-2-1-3-5-17/h1-13,24H,14H2,(H,23,26)(H,25,27). The SMILES string of the molecule is O=C(NCc1ccc(Cl)cc1)C(=O)Nc1ccc(Nc2ccccc2)cc1. The van der Waals surface area contributed by atoms with Crippen LogP contribution in [0.2, 0.25) is 5.02 Å². The van der Waals surface area contributed by atoms with Crippen LogP contribution in [-0.4, -0.2) is 11.8 Å². The van der Waals surface area contributed by atoms with Gasteiger partial charge >= 0.3 is 11.8 Å². The average Bonchev–Trinajstić information content (AvgIpc) is 2.69. The molecule has 0 saturated carbocycles. The number of para-hydroxylation sites is 1. The maximum atomic E-state index is 12.0. The van der Waals surface area contributed by atoms with Crippen molar-refractivity contribution in [3.8, 4) is 0 Å². The van der Waals surface area contributed by atoms with E-state index in [1.165, 1.54) is 0 Å². The summed E-state index contributed by atoms with van der Waals surface area (Å²) in [6.45, 7) is 0.253. The van der Waals surface area contributed by atoms with Crippen molar-refractivity contribution < 1.29 is 9.59 Å². The molecular formula is C21H18ClN3O2. The zero-order chi connectivity index (χ0) is 19.1. The normalized spacial score (nSPS) is 10.1. The Morgan fingerprint density at radius 1 is 0.704 bits per heavy atom. The summed E-state index contributed by atoms with van der Waals surface area (Å²) in [6.07, 6.45) is 0. The number of anilines is 3. The third-order valence-corrected chi connectivity index (χ3v) is 4.03. The van der Waals surface area contributed by atoms with Gasteiger partial charge in [-0.05, 0) is 54.1 Å². The Bertz CT molecular complexity index is 910. The van der Waals surface area contributed by atoms with Crippen LogP contribution >= 0.6 is 11.6 Å². The zero-order valence-corrected chi connectivity index (χ0v) is 15.2. The molecule has 2 amide bonds. The van der Waals surface area contributed by atoms with Crippen LogP contribution in [0.25, 0.3) is 0 Å². The summed E-state index contributed by atoms with van der Waals surface area (Å²) in [5.41, 5.74) is 3.25. The molecule has 3 rings (SSSR count). The number of nitrogens with one attached hydrogen (secondary N) is 3. The summed E-state index contributed by atoms with van der Waals surface area (Å²) >= 11 is 5.82. The van der Waals surface area contributed by atoms with Crippen molar-refractivity contribution >= 4 is 40.5 Å². The summed E-state index contributed by atoms with van der Waals surface area (Å²) in [7, 11) is 0. The molecule has 3 aromatic carbocycles. The van der Waals surface area contributed by atoms with E-state index < -0.39 is 11.8 Å². The quantitative estimate of drug-likeness (QED) is 0.577. The molecule has 0 aliphatic carbocycles. The van der Waals surface area contributed by atoms with Gasteiger partial charge in [-0.1, -0.05) is 41.9 Å². The number of amides is 2. The predicted molar refractivity (Wildman–Crippen MR) is 108 cm³/mol. The van der Waals surface area contributed by atoms with Crippen LogP contribution in [0.4, 0.5) is 17.1 Å². The van der Waals surface area contributed by atoms with Crippen LogP contribution in [0, 0.1) is 0 Å². The van der Waals surface area contributed by atoms with E-state index in [1.54, 1.807) is 36.4 Å². The van der Waals surface area contributed by atoms with E-state index in [0.717, 1.165) is 16.9 Å². The smallest absolute Gasteiger partial charge is 0.313 e. The van der Waals surface area contributed by atoms with Gasteiger partial charge in [-0.25, -0.2) is 0 Å². The Hall–Kier alpha value is -3.31. The molecule has 27 heavy (non-hydrogen) atoms. The maximum absolute atomic E-state index is 12.0. The first kappa shape index (κ1) is 18.5. The Morgan fingerprint density at radius 2 is 1.30 bits per heavy atom. The summed E-state index contributed by atoms with van der Waals surface area (Å²) in [5, 5.41) is 9.02. The van der Waals surface area contributed by atoms with Crippen LogP contribution in [0.5, 0.6) is 0 Å². The molecule has 0 fully saturated rings. The van der Waals surface area contributed by atoms with Gasteiger partial charge in [0, 0.05) is 28.6 Å². The van der Waals surface area contributed by atoms with Crippen molar-refractivity contribution in [2.75, 3.05) is 10.6 Å². The Kier molecular flexibility index (Phi) is 6.07. The lowest BCUT2D eigenvalue weighted by Gasteiger charge is -2.09. The van der Waals surface area contributed by atoms with Crippen molar-refractivity contribution in [3.63, 3.8) is 0 Å². The fraction of sp³-hybridized carbons (Fsp3) is 0.0476. The fourth-order valence-electron chi connectivity index (χ4n) is 2.38. The zero-order valence-electron chi connectivity index (χ0n) is 14.4. The number of hydrogen-bond acceptors (Lipinski definition) is 3. The van der Waals surface area contributed by atoms with Gasteiger partial charge in [-0.3, -0.25) is 9.59 Å². The predicted octanol–water partition coefficient (Wildman–Crippen LogP) is 4.34. The number of benzene rings is 3. The molecule has 6 heteroatoms. The second-order valence-electron chi connectivity index (χ2n) is 5.83. The van der Waals surface area contributed by atoms with E-state index in [1.807, 2.05) is 42.5 Å². The Balaban J connectivity index is 1.51. The lowest BCUT2D eigenvalue weighted by Crippen LogP contribution is -2.34. The number of halogens is 1. The highest BCUT2D eigenvalue weighted by Gasteiger charge is 2.13. The number of carbonyl (C=O) groups excluding carboxylic acids is 2. The van der Waals surface area contributed by atoms with E-state index in [9.17, 15) is 9.59 Å². The van der Waals surface area contributed by atoms with Crippen molar-refractivity contribution in [1.82, 2.24) is 5.32 Å². The maximum Gasteiger partial charge on any atom is 0.313 e. The van der Waals surface area contributed by atoms with E-state index in [-0.39, 0.29) is 6.54 Å². The second-order valence-corrected chi connectivity index (χ2v) is 6.27. The molecule has 0 unspecified atom stereocenters. The largest absolute Gasteiger partial charge is 0.356 e. The molecule has 0 spiro atoms. The van der Waals surface area contributed by atoms with E-state index in [2.05, 4.69) is 16.0 Å². The van der Waals surface area contributed by atoms with Crippen LogP contribution in [0.15, 0.2) is 78.9 Å². The van der Waals surface area contributed by atoms with Crippen LogP contribution in [-0.2, 0) is 16.1 Å².